The van der Waals surface area contributed by atoms with Crippen LogP contribution in [0.4, 0.5) is 0 Å². The summed E-state index contributed by atoms with van der Waals surface area (Å²) < 4.78 is -0.551. The maximum absolute atomic E-state index is 11.1. The Morgan fingerprint density at radius 1 is 1.54 bits per heavy atom. The summed E-state index contributed by atoms with van der Waals surface area (Å²) in [4.78, 5) is 11.1. The van der Waals surface area contributed by atoms with Crippen LogP contribution in [0.3, 0.4) is 0 Å². The molecule has 0 aromatic heterocycles. The third-order valence-electron chi connectivity index (χ3n) is 2.14. The van der Waals surface area contributed by atoms with E-state index in [0.29, 0.717) is 18.8 Å². The fourth-order valence-electron chi connectivity index (χ4n) is 1.31. The second kappa shape index (κ2) is 4.18. The van der Waals surface area contributed by atoms with E-state index in [1.807, 2.05) is 12.2 Å². The molecule has 0 bridgehead atoms. The molecule has 0 aromatic rings. The summed E-state index contributed by atoms with van der Waals surface area (Å²) in [6.07, 6.45) is 5.31. The number of carboxylic acids is 1. The molecule has 0 amide bonds. The van der Waals surface area contributed by atoms with Gasteiger partial charge < -0.3 is 5.11 Å². The predicted octanol–water partition coefficient (Wildman–Crippen LogP) is 2.55. The maximum Gasteiger partial charge on any atom is 0.320 e. The molecule has 0 fully saturated rings. The summed E-state index contributed by atoms with van der Waals surface area (Å²) in [7, 11) is 0. The van der Waals surface area contributed by atoms with Crippen LogP contribution in [-0.2, 0) is 4.79 Å². The van der Waals surface area contributed by atoms with Crippen LogP contribution in [0.15, 0.2) is 12.2 Å². The highest BCUT2D eigenvalue weighted by molar-refractivity contribution is 8.01. The number of rotatable bonds is 4. The number of carboxylic acid groups (broad SMARTS) is 1. The molecule has 74 valence electrons. The van der Waals surface area contributed by atoms with Gasteiger partial charge in [-0.2, -0.15) is 0 Å². The average Bonchev–Trinajstić information content (AvgIpc) is 2.50. The number of hydrogen-bond donors (Lipinski definition) is 1. The molecule has 1 rings (SSSR count). The Morgan fingerprint density at radius 3 is 2.46 bits per heavy atom. The summed E-state index contributed by atoms with van der Waals surface area (Å²) in [6.45, 7) is 4.23. The average molecular weight is 200 g/mol. The highest BCUT2D eigenvalue weighted by Crippen LogP contribution is 2.38. The van der Waals surface area contributed by atoms with Gasteiger partial charge in [0, 0.05) is 0 Å². The normalized spacial score (nSPS) is 19.6. The van der Waals surface area contributed by atoms with Crippen molar-refractivity contribution in [3.63, 3.8) is 0 Å². The van der Waals surface area contributed by atoms with Gasteiger partial charge in [-0.25, -0.2) is 0 Å². The van der Waals surface area contributed by atoms with Crippen LogP contribution in [0.5, 0.6) is 0 Å². The number of carbonyl (C=O) groups is 1. The van der Waals surface area contributed by atoms with Crippen LogP contribution in [-0.4, -0.2) is 21.6 Å². The molecule has 0 saturated heterocycles. The Kier molecular flexibility index (Phi) is 3.42. The zero-order valence-corrected chi connectivity index (χ0v) is 8.93. The molecular formula is C10H16O2S. The van der Waals surface area contributed by atoms with Gasteiger partial charge in [-0.3, -0.25) is 4.79 Å². The second-order valence-electron chi connectivity index (χ2n) is 3.88. The van der Waals surface area contributed by atoms with Crippen LogP contribution in [0.25, 0.3) is 0 Å². The van der Waals surface area contributed by atoms with Gasteiger partial charge in [0.2, 0.25) is 0 Å². The second-order valence-corrected chi connectivity index (χ2v) is 5.29. The largest absolute Gasteiger partial charge is 0.480 e. The molecule has 0 aromatic carbocycles. The van der Waals surface area contributed by atoms with Crippen LogP contribution in [0, 0.1) is 5.92 Å². The van der Waals surface area contributed by atoms with E-state index < -0.39 is 10.7 Å². The van der Waals surface area contributed by atoms with Gasteiger partial charge >= 0.3 is 5.97 Å². The lowest BCUT2D eigenvalue weighted by atomic mass is 10.1. The molecule has 0 aliphatic heterocycles. The molecular weight excluding hydrogens is 184 g/mol. The molecule has 0 unspecified atom stereocenters. The van der Waals surface area contributed by atoms with E-state index in [0.717, 1.165) is 5.75 Å². The molecule has 1 aliphatic carbocycles. The summed E-state index contributed by atoms with van der Waals surface area (Å²) in [5.74, 6) is 0.818. The Bertz CT molecular complexity index is 213. The zero-order valence-electron chi connectivity index (χ0n) is 8.12. The standard InChI is InChI=1S/C10H16O2S/c1-8(2)7-13-10(9(11)12)5-3-4-6-10/h3-4,8H,5-7H2,1-2H3,(H,11,12). The first kappa shape index (κ1) is 10.6. The first-order valence-corrected chi connectivity index (χ1v) is 5.58. The van der Waals surface area contributed by atoms with Gasteiger partial charge in [-0.15, -0.1) is 11.8 Å². The van der Waals surface area contributed by atoms with Crippen molar-refractivity contribution in [3.05, 3.63) is 12.2 Å². The molecule has 0 heterocycles. The van der Waals surface area contributed by atoms with Crippen molar-refractivity contribution in [3.8, 4) is 0 Å². The highest BCUT2D eigenvalue weighted by atomic mass is 32.2. The summed E-state index contributed by atoms with van der Waals surface area (Å²) in [5, 5.41) is 9.12. The molecule has 1 aliphatic rings. The Morgan fingerprint density at radius 2 is 2.08 bits per heavy atom. The minimum absolute atomic E-state index is 0.551. The predicted molar refractivity (Wildman–Crippen MR) is 56.0 cm³/mol. The van der Waals surface area contributed by atoms with E-state index in [2.05, 4.69) is 13.8 Å². The smallest absolute Gasteiger partial charge is 0.320 e. The lowest BCUT2D eigenvalue weighted by Gasteiger charge is -2.23. The van der Waals surface area contributed by atoms with E-state index in [1.165, 1.54) is 0 Å². The van der Waals surface area contributed by atoms with Crippen molar-refractivity contribution in [2.24, 2.45) is 5.92 Å². The lowest BCUT2D eigenvalue weighted by molar-refractivity contribution is -0.139. The van der Waals surface area contributed by atoms with Gasteiger partial charge in [0.25, 0.3) is 0 Å². The fourth-order valence-corrected chi connectivity index (χ4v) is 2.52. The minimum Gasteiger partial charge on any atom is -0.480 e. The SMILES string of the molecule is CC(C)CSC1(C(=O)O)CC=CC1. The van der Waals surface area contributed by atoms with E-state index in [4.69, 9.17) is 5.11 Å². The van der Waals surface area contributed by atoms with Crippen LogP contribution < -0.4 is 0 Å². The van der Waals surface area contributed by atoms with Crippen molar-refractivity contribution in [1.82, 2.24) is 0 Å². The molecule has 0 saturated carbocycles. The van der Waals surface area contributed by atoms with E-state index >= 15 is 0 Å². The maximum atomic E-state index is 11.1. The van der Waals surface area contributed by atoms with Crippen molar-refractivity contribution in [1.29, 1.82) is 0 Å². The number of hydrogen-bond acceptors (Lipinski definition) is 2. The quantitative estimate of drug-likeness (QED) is 0.709. The molecule has 0 spiro atoms. The highest BCUT2D eigenvalue weighted by Gasteiger charge is 2.39. The third-order valence-corrected chi connectivity index (χ3v) is 4.04. The minimum atomic E-state index is -0.664. The van der Waals surface area contributed by atoms with Crippen molar-refractivity contribution >= 4 is 17.7 Å². The molecule has 1 N–H and O–H groups in total. The van der Waals surface area contributed by atoms with Gasteiger partial charge in [-0.1, -0.05) is 26.0 Å². The number of thioether (sulfide) groups is 1. The Hall–Kier alpha value is -0.440. The molecule has 0 radical (unpaired) electrons. The van der Waals surface area contributed by atoms with Crippen LogP contribution in [0.2, 0.25) is 0 Å². The molecule has 3 heteroatoms. The molecule has 13 heavy (non-hydrogen) atoms. The first-order chi connectivity index (χ1) is 6.07. The Labute approximate surface area is 83.4 Å². The molecule has 0 atom stereocenters. The van der Waals surface area contributed by atoms with Gasteiger partial charge in [-0.05, 0) is 24.5 Å². The van der Waals surface area contributed by atoms with Crippen LogP contribution in [0.1, 0.15) is 26.7 Å². The van der Waals surface area contributed by atoms with E-state index in [1.54, 1.807) is 11.8 Å². The van der Waals surface area contributed by atoms with E-state index in [-0.39, 0.29) is 0 Å². The van der Waals surface area contributed by atoms with Crippen molar-refractivity contribution in [2.45, 2.75) is 31.4 Å². The number of aliphatic carboxylic acids is 1. The van der Waals surface area contributed by atoms with Crippen LogP contribution >= 0.6 is 11.8 Å². The van der Waals surface area contributed by atoms with Gasteiger partial charge in [0.05, 0.1) is 0 Å². The third kappa shape index (κ3) is 2.50. The lowest BCUT2D eigenvalue weighted by Crippen LogP contribution is -2.32. The van der Waals surface area contributed by atoms with Crippen molar-refractivity contribution < 1.29 is 9.90 Å². The fraction of sp³-hybridized carbons (Fsp3) is 0.700. The van der Waals surface area contributed by atoms with E-state index in [9.17, 15) is 4.79 Å². The first-order valence-electron chi connectivity index (χ1n) is 4.59. The number of allylic oxidation sites excluding steroid dienone is 2. The summed E-state index contributed by atoms with van der Waals surface area (Å²) in [6, 6.07) is 0. The van der Waals surface area contributed by atoms with Gasteiger partial charge in [0.1, 0.15) is 4.75 Å². The zero-order chi connectivity index (χ0) is 9.90. The monoisotopic (exact) mass is 200 g/mol. The van der Waals surface area contributed by atoms with Crippen molar-refractivity contribution in [2.75, 3.05) is 5.75 Å². The Balaban J connectivity index is 2.54. The topological polar surface area (TPSA) is 37.3 Å². The molecule has 2 nitrogen and oxygen atoms in total. The van der Waals surface area contributed by atoms with Gasteiger partial charge in [0.15, 0.2) is 0 Å². The summed E-state index contributed by atoms with van der Waals surface area (Å²) >= 11 is 1.59. The summed E-state index contributed by atoms with van der Waals surface area (Å²) in [5.41, 5.74) is 0.